The summed E-state index contributed by atoms with van der Waals surface area (Å²) in [6.07, 6.45) is 1.90. The molecule has 106 valence electrons. The van der Waals surface area contributed by atoms with Gasteiger partial charge in [-0.3, -0.25) is 4.90 Å². The zero-order valence-corrected chi connectivity index (χ0v) is 12.7. The molecule has 1 N–H and O–H groups in total. The monoisotopic (exact) mass is 261 g/mol. The summed E-state index contributed by atoms with van der Waals surface area (Å²) in [7, 11) is 0. The molecule has 0 aromatic heterocycles. The van der Waals surface area contributed by atoms with Gasteiger partial charge in [0.15, 0.2) is 0 Å². The maximum absolute atomic E-state index is 9.97. The number of hydrogen-bond donors (Lipinski definition) is 1. The van der Waals surface area contributed by atoms with Gasteiger partial charge < -0.3 is 5.11 Å². The Labute approximate surface area is 117 Å². The SMILES string of the molecule is CCC1CN(Cc2c(C)cc(C)cc2C)CCC1O. The first-order chi connectivity index (χ1) is 9.01. The largest absolute Gasteiger partial charge is 0.393 e. The van der Waals surface area contributed by atoms with Crippen LogP contribution in [0, 0.1) is 26.7 Å². The minimum absolute atomic E-state index is 0.0959. The fraction of sp³-hybridized carbons (Fsp3) is 0.647. The number of benzene rings is 1. The van der Waals surface area contributed by atoms with Crippen LogP contribution in [0.15, 0.2) is 12.1 Å². The molecular weight excluding hydrogens is 234 g/mol. The normalized spacial score (nSPS) is 24.7. The van der Waals surface area contributed by atoms with Crippen molar-refractivity contribution in [1.82, 2.24) is 4.90 Å². The Morgan fingerprint density at radius 1 is 1.21 bits per heavy atom. The van der Waals surface area contributed by atoms with Crippen molar-refractivity contribution >= 4 is 0 Å². The van der Waals surface area contributed by atoms with Crippen molar-refractivity contribution in [2.45, 2.75) is 53.2 Å². The molecule has 0 spiro atoms. The van der Waals surface area contributed by atoms with Gasteiger partial charge in [0.2, 0.25) is 0 Å². The molecule has 1 saturated heterocycles. The van der Waals surface area contributed by atoms with Crippen LogP contribution in [-0.2, 0) is 6.54 Å². The molecule has 2 heteroatoms. The average molecular weight is 261 g/mol. The summed E-state index contributed by atoms with van der Waals surface area (Å²) < 4.78 is 0. The van der Waals surface area contributed by atoms with Crippen LogP contribution in [0.2, 0.25) is 0 Å². The van der Waals surface area contributed by atoms with Crippen molar-refractivity contribution in [3.63, 3.8) is 0 Å². The Hall–Kier alpha value is -0.860. The highest BCUT2D eigenvalue weighted by molar-refractivity contribution is 5.37. The van der Waals surface area contributed by atoms with Crippen molar-refractivity contribution < 1.29 is 5.11 Å². The van der Waals surface area contributed by atoms with Crippen molar-refractivity contribution in [3.05, 3.63) is 34.4 Å². The lowest BCUT2D eigenvalue weighted by atomic mass is 9.91. The topological polar surface area (TPSA) is 23.5 Å². The fourth-order valence-electron chi connectivity index (χ4n) is 3.32. The van der Waals surface area contributed by atoms with E-state index in [9.17, 15) is 5.11 Å². The van der Waals surface area contributed by atoms with E-state index in [4.69, 9.17) is 0 Å². The van der Waals surface area contributed by atoms with E-state index < -0.39 is 0 Å². The second-order valence-corrected chi connectivity index (χ2v) is 6.14. The molecule has 0 bridgehead atoms. The predicted molar refractivity (Wildman–Crippen MR) is 80.3 cm³/mol. The number of nitrogens with zero attached hydrogens (tertiary/aromatic N) is 1. The third kappa shape index (κ3) is 3.37. The minimum atomic E-state index is -0.0959. The average Bonchev–Trinajstić information content (AvgIpc) is 2.35. The molecule has 1 heterocycles. The maximum Gasteiger partial charge on any atom is 0.0592 e. The van der Waals surface area contributed by atoms with Crippen LogP contribution in [0.25, 0.3) is 0 Å². The standard InChI is InChI=1S/C17H27NO/c1-5-15-10-18(7-6-17(15)19)11-16-13(3)8-12(2)9-14(16)4/h8-9,15,17,19H,5-7,10-11H2,1-4H3. The number of aryl methyl sites for hydroxylation is 3. The highest BCUT2D eigenvalue weighted by atomic mass is 16.3. The van der Waals surface area contributed by atoms with Crippen LogP contribution in [0.1, 0.15) is 42.0 Å². The van der Waals surface area contributed by atoms with Gasteiger partial charge in [0, 0.05) is 19.6 Å². The van der Waals surface area contributed by atoms with Gasteiger partial charge in [-0.25, -0.2) is 0 Å². The van der Waals surface area contributed by atoms with Crippen LogP contribution < -0.4 is 0 Å². The van der Waals surface area contributed by atoms with Crippen LogP contribution in [-0.4, -0.2) is 29.2 Å². The van der Waals surface area contributed by atoms with Crippen LogP contribution in [0.5, 0.6) is 0 Å². The van der Waals surface area contributed by atoms with Gasteiger partial charge in [0.1, 0.15) is 0 Å². The van der Waals surface area contributed by atoms with Gasteiger partial charge in [0.25, 0.3) is 0 Å². The first-order valence-electron chi connectivity index (χ1n) is 7.48. The van der Waals surface area contributed by atoms with Gasteiger partial charge in [0.05, 0.1) is 6.10 Å². The van der Waals surface area contributed by atoms with Crippen molar-refractivity contribution in [2.75, 3.05) is 13.1 Å². The Morgan fingerprint density at radius 2 is 1.84 bits per heavy atom. The highest BCUT2D eigenvalue weighted by Crippen LogP contribution is 2.24. The van der Waals surface area contributed by atoms with Gasteiger partial charge in [-0.1, -0.05) is 24.6 Å². The summed E-state index contributed by atoms with van der Waals surface area (Å²) in [5, 5.41) is 9.97. The smallest absolute Gasteiger partial charge is 0.0592 e. The Balaban J connectivity index is 2.09. The molecule has 1 aromatic carbocycles. The summed E-state index contributed by atoms with van der Waals surface area (Å²) in [6.45, 7) is 11.8. The van der Waals surface area contributed by atoms with E-state index in [0.29, 0.717) is 5.92 Å². The second kappa shape index (κ2) is 6.06. The molecule has 0 radical (unpaired) electrons. The number of aliphatic hydroxyl groups excluding tert-OH is 1. The zero-order valence-electron chi connectivity index (χ0n) is 12.7. The van der Waals surface area contributed by atoms with E-state index in [1.54, 1.807) is 0 Å². The maximum atomic E-state index is 9.97. The lowest BCUT2D eigenvalue weighted by Gasteiger charge is -2.36. The Morgan fingerprint density at radius 3 is 2.42 bits per heavy atom. The van der Waals surface area contributed by atoms with Gasteiger partial charge in [-0.15, -0.1) is 0 Å². The second-order valence-electron chi connectivity index (χ2n) is 6.14. The van der Waals surface area contributed by atoms with Crippen LogP contribution in [0.4, 0.5) is 0 Å². The Bertz CT molecular complexity index is 418. The van der Waals surface area contributed by atoms with E-state index in [2.05, 4.69) is 44.7 Å². The third-order valence-electron chi connectivity index (χ3n) is 4.52. The number of hydrogen-bond acceptors (Lipinski definition) is 2. The zero-order chi connectivity index (χ0) is 14.0. The highest BCUT2D eigenvalue weighted by Gasteiger charge is 2.26. The van der Waals surface area contributed by atoms with Crippen molar-refractivity contribution in [3.8, 4) is 0 Å². The molecule has 2 rings (SSSR count). The lowest BCUT2D eigenvalue weighted by Crippen LogP contribution is -2.42. The molecule has 19 heavy (non-hydrogen) atoms. The van der Waals surface area contributed by atoms with Gasteiger partial charge in [-0.05, 0) is 56.2 Å². The molecule has 2 nitrogen and oxygen atoms in total. The van der Waals surface area contributed by atoms with Gasteiger partial charge in [-0.2, -0.15) is 0 Å². The molecule has 2 atom stereocenters. The predicted octanol–water partition coefficient (Wildman–Crippen LogP) is 3.20. The molecular formula is C17H27NO. The molecule has 2 unspecified atom stereocenters. The molecule has 1 fully saturated rings. The first-order valence-corrected chi connectivity index (χ1v) is 7.48. The summed E-state index contributed by atoms with van der Waals surface area (Å²) in [4.78, 5) is 2.51. The summed E-state index contributed by atoms with van der Waals surface area (Å²) in [5.41, 5.74) is 5.62. The molecule has 0 amide bonds. The van der Waals surface area contributed by atoms with Crippen LogP contribution in [0.3, 0.4) is 0 Å². The Kier molecular flexibility index (Phi) is 4.64. The number of rotatable bonds is 3. The van der Waals surface area contributed by atoms with E-state index in [1.165, 1.54) is 22.3 Å². The van der Waals surface area contributed by atoms with Gasteiger partial charge >= 0.3 is 0 Å². The van der Waals surface area contributed by atoms with Crippen LogP contribution >= 0.6 is 0 Å². The van der Waals surface area contributed by atoms with E-state index >= 15 is 0 Å². The quantitative estimate of drug-likeness (QED) is 0.903. The minimum Gasteiger partial charge on any atom is -0.393 e. The summed E-state index contributed by atoms with van der Waals surface area (Å²) >= 11 is 0. The number of aliphatic hydroxyl groups is 1. The number of likely N-dealkylation sites (tertiary alicyclic amines) is 1. The third-order valence-corrected chi connectivity index (χ3v) is 4.52. The van der Waals surface area contributed by atoms with E-state index in [-0.39, 0.29) is 6.10 Å². The van der Waals surface area contributed by atoms with Crippen molar-refractivity contribution in [1.29, 1.82) is 0 Å². The molecule has 0 aliphatic carbocycles. The first kappa shape index (κ1) is 14.5. The van der Waals surface area contributed by atoms with Crippen molar-refractivity contribution in [2.24, 2.45) is 5.92 Å². The molecule has 0 saturated carbocycles. The summed E-state index contributed by atoms with van der Waals surface area (Å²) in [6, 6.07) is 4.55. The van der Waals surface area contributed by atoms with E-state index in [1.807, 2.05) is 0 Å². The lowest BCUT2D eigenvalue weighted by molar-refractivity contribution is 0.0221. The number of piperidine rings is 1. The molecule has 1 aliphatic heterocycles. The fourth-order valence-corrected chi connectivity index (χ4v) is 3.32. The van der Waals surface area contributed by atoms with E-state index in [0.717, 1.165) is 32.5 Å². The summed E-state index contributed by atoms with van der Waals surface area (Å²) in [5.74, 6) is 0.444. The molecule has 1 aliphatic rings. The molecule has 1 aromatic rings.